The van der Waals surface area contributed by atoms with E-state index in [-0.39, 0.29) is 38.9 Å². The third-order valence-electron chi connectivity index (χ3n) is 7.80. The number of amides is 2. The SMILES string of the molecule is C=C1[C@@H]2[C@H]1C[C@H](C(=O)N[C@@H](c1cc(F)c(Cl)cc1F)C1CC1)N2C(=O)c1cncc(S(=O)(=O)C2CC2)c1. The fourth-order valence-electron chi connectivity index (χ4n) is 5.38. The van der Waals surface area contributed by atoms with Crippen molar-refractivity contribution in [1.82, 2.24) is 15.2 Å². The second-order valence-electron chi connectivity index (χ2n) is 10.4. The smallest absolute Gasteiger partial charge is 0.256 e. The highest BCUT2D eigenvalue weighted by Crippen LogP contribution is 2.53. The zero-order valence-corrected chi connectivity index (χ0v) is 21.2. The van der Waals surface area contributed by atoms with Gasteiger partial charge in [0.15, 0.2) is 9.84 Å². The summed E-state index contributed by atoms with van der Waals surface area (Å²) in [6, 6.07) is 1.26. The molecule has 11 heteroatoms. The number of pyridine rings is 1. The second-order valence-corrected chi connectivity index (χ2v) is 13.0. The van der Waals surface area contributed by atoms with E-state index in [2.05, 4.69) is 16.9 Å². The molecule has 37 heavy (non-hydrogen) atoms. The highest BCUT2D eigenvalue weighted by molar-refractivity contribution is 7.92. The monoisotopic (exact) mass is 547 g/mol. The minimum absolute atomic E-state index is 0.0127. The maximum atomic E-state index is 14.7. The van der Waals surface area contributed by atoms with Crippen LogP contribution < -0.4 is 5.32 Å². The fourth-order valence-corrected chi connectivity index (χ4v) is 7.17. The van der Waals surface area contributed by atoms with Crippen molar-refractivity contribution in [1.29, 1.82) is 0 Å². The number of likely N-dealkylation sites (tertiary alicyclic amines) is 1. The van der Waals surface area contributed by atoms with Crippen LogP contribution in [0.25, 0.3) is 0 Å². The molecular formula is C26H24ClF2N3O4S. The lowest BCUT2D eigenvalue weighted by Gasteiger charge is -2.29. The van der Waals surface area contributed by atoms with E-state index in [1.54, 1.807) is 0 Å². The van der Waals surface area contributed by atoms with Gasteiger partial charge in [0.05, 0.1) is 32.8 Å². The van der Waals surface area contributed by atoms with Gasteiger partial charge in [0.2, 0.25) is 5.91 Å². The summed E-state index contributed by atoms with van der Waals surface area (Å²) in [6.07, 6.45) is 5.54. The van der Waals surface area contributed by atoms with Crippen LogP contribution in [0.4, 0.5) is 8.78 Å². The third-order valence-corrected chi connectivity index (χ3v) is 10.3. The largest absolute Gasteiger partial charge is 0.347 e. The van der Waals surface area contributed by atoms with E-state index in [1.165, 1.54) is 23.4 Å². The van der Waals surface area contributed by atoms with E-state index in [9.17, 15) is 26.8 Å². The van der Waals surface area contributed by atoms with Crippen molar-refractivity contribution in [3.63, 3.8) is 0 Å². The van der Waals surface area contributed by atoms with Crippen LogP contribution in [0.2, 0.25) is 5.02 Å². The lowest BCUT2D eigenvalue weighted by Crippen LogP contribution is -2.49. The number of carbonyl (C=O) groups is 2. The number of nitrogens with zero attached hydrogens (tertiary/aromatic N) is 2. The molecule has 0 radical (unpaired) electrons. The topological polar surface area (TPSA) is 96.4 Å². The number of fused-ring (bicyclic) bond motifs is 1. The number of nitrogens with one attached hydrogen (secondary N) is 1. The summed E-state index contributed by atoms with van der Waals surface area (Å²) in [5.74, 6) is -2.58. The van der Waals surface area contributed by atoms with E-state index in [0.717, 1.165) is 30.5 Å². The number of sulfone groups is 1. The van der Waals surface area contributed by atoms with E-state index >= 15 is 0 Å². The molecule has 4 aliphatic rings. The molecule has 2 amide bonds. The summed E-state index contributed by atoms with van der Waals surface area (Å²) in [6.45, 7) is 3.99. The van der Waals surface area contributed by atoms with Gasteiger partial charge in [0.25, 0.3) is 5.91 Å². The normalized spacial score (nSPS) is 25.5. The molecule has 4 atom stereocenters. The fraction of sp³-hybridized carbons (Fsp3) is 0.423. The first-order chi connectivity index (χ1) is 17.6. The summed E-state index contributed by atoms with van der Waals surface area (Å²) in [7, 11) is -3.55. The standard InChI is InChI=1S/C26H24ClF2N3O4S/c1-12-17-8-22(25(33)31-23(13-2-3-13)18-7-21(29)19(27)9-20(18)28)32(24(12)17)26(34)14-6-16(11-30-10-14)37(35,36)15-4-5-15/h6-7,9-11,13,15,17,22-24H,1-5,8H2,(H,31,33)/t17-,22+,23+,24+/m0/s1. The molecule has 2 aromatic rings. The van der Waals surface area contributed by atoms with Crippen LogP contribution in [-0.4, -0.2) is 47.4 Å². The molecule has 1 aliphatic heterocycles. The van der Waals surface area contributed by atoms with Gasteiger partial charge < -0.3 is 10.2 Å². The molecule has 4 fully saturated rings. The molecule has 1 aromatic heterocycles. The van der Waals surface area contributed by atoms with Gasteiger partial charge in [0.1, 0.15) is 17.7 Å². The number of hydrogen-bond donors (Lipinski definition) is 1. The van der Waals surface area contributed by atoms with Crippen molar-refractivity contribution in [2.45, 2.75) is 60.4 Å². The molecule has 1 aromatic carbocycles. The number of carbonyl (C=O) groups excluding carboxylic acids is 2. The number of aromatic nitrogens is 1. The average Bonchev–Trinajstić information content (AvgIpc) is 3.76. The van der Waals surface area contributed by atoms with Gasteiger partial charge >= 0.3 is 0 Å². The summed E-state index contributed by atoms with van der Waals surface area (Å²) in [5, 5.41) is 2.06. The van der Waals surface area contributed by atoms with Crippen LogP contribution >= 0.6 is 11.6 Å². The number of halogens is 3. The molecule has 6 rings (SSSR count). The van der Waals surface area contributed by atoms with Crippen molar-refractivity contribution in [2.24, 2.45) is 11.8 Å². The Morgan fingerprint density at radius 1 is 1.11 bits per heavy atom. The summed E-state index contributed by atoms with van der Waals surface area (Å²) in [4.78, 5) is 32.5. The molecule has 1 N–H and O–H groups in total. The van der Waals surface area contributed by atoms with Gasteiger partial charge in [-0.2, -0.15) is 0 Å². The van der Waals surface area contributed by atoms with Gasteiger partial charge in [0, 0.05) is 23.9 Å². The average molecular weight is 548 g/mol. The molecule has 0 bridgehead atoms. The van der Waals surface area contributed by atoms with Crippen molar-refractivity contribution in [3.8, 4) is 0 Å². The summed E-state index contributed by atoms with van der Waals surface area (Å²) >= 11 is 5.70. The van der Waals surface area contributed by atoms with Crippen LogP contribution in [0.3, 0.4) is 0 Å². The van der Waals surface area contributed by atoms with E-state index in [4.69, 9.17) is 11.6 Å². The minimum atomic E-state index is -3.55. The molecule has 0 spiro atoms. The molecule has 0 unspecified atom stereocenters. The van der Waals surface area contributed by atoms with E-state index < -0.39 is 50.6 Å². The lowest BCUT2D eigenvalue weighted by molar-refractivity contribution is -0.126. The summed E-state index contributed by atoms with van der Waals surface area (Å²) < 4.78 is 54.2. The lowest BCUT2D eigenvalue weighted by atomic mass is 10.00. The zero-order valence-electron chi connectivity index (χ0n) is 19.7. The Balaban J connectivity index is 1.27. The van der Waals surface area contributed by atoms with Crippen molar-refractivity contribution in [2.75, 3.05) is 0 Å². The highest BCUT2D eigenvalue weighted by Gasteiger charge is 2.59. The van der Waals surface area contributed by atoms with Crippen LogP contribution in [0, 0.1) is 23.5 Å². The van der Waals surface area contributed by atoms with Crippen molar-refractivity contribution in [3.05, 3.63) is 70.5 Å². The van der Waals surface area contributed by atoms with Crippen LogP contribution in [-0.2, 0) is 14.6 Å². The maximum Gasteiger partial charge on any atom is 0.256 e. The van der Waals surface area contributed by atoms with E-state index in [1.807, 2.05) is 0 Å². The van der Waals surface area contributed by atoms with Crippen LogP contribution in [0.1, 0.15) is 54.1 Å². The Bertz CT molecular complexity index is 1460. The molecular weight excluding hydrogens is 524 g/mol. The van der Waals surface area contributed by atoms with Gasteiger partial charge in [-0.1, -0.05) is 18.2 Å². The molecule has 1 saturated heterocycles. The van der Waals surface area contributed by atoms with Crippen LogP contribution in [0.15, 0.2) is 47.6 Å². The van der Waals surface area contributed by atoms with Gasteiger partial charge in [-0.3, -0.25) is 14.6 Å². The maximum absolute atomic E-state index is 14.7. The Morgan fingerprint density at radius 3 is 2.51 bits per heavy atom. The number of benzene rings is 1. The third kappa shape index (κ3) is 4.24. The highest BCUT2D eigenvalue weighted by atomic mass is 35.5. The van der Waals surface area contributed by atoms with Crippen molar-refractivity contribution < 1.29 is 26.8 Å². The number of hydrogen-bond acceptors (Lipinski definition) is 5. The molecule has 3 saturated carbocycles. The second kappa shape index (κ2) is 8.59. The molecule has 3 aliphatic carbocycles. The van der Waals surface area contributed by atoms with E-state index in [0.29, 0.717) is 19.3 Å². The number of piperidine rings is 1. The first-order valence-electron chi connectivity index (χ1n) is 12.2. The first-order valence-corrected chi connectivity index (χ1v) is 14.2. The predicted octanol–water partition coefficient (Wildman–Crippen LogP) is 3.99. The van der Waals surface area contributed by atoms with Gasteiger partial charge in [-0.05, 0) is 61.8 Å². The Kier molecular flexibility index (Phi) is 5.69. The molecule has 2 heterocycles. The minimum Gasteiger partial charge on any atom is -0.347 e. The Morgan fingerprint density at radius 2 is 1.84 bits per heavy atom. The Hall–Kier alpha value is -2.85. The van der Waals surface area contributed by atoms with Gasteiger partial charge in [-0.25, -0.2) is 17.2 Å². The van der Waals surface area contributed by atoms with Gasteiger partial charge in [-0.15, -0.1) is 0 Å². The quantitative estimate of drug-likeness (QED) is 0.418. The molecule has 194 valence electrons. The Labute approximate surface area is 217 Å². The number of rotatable bonds is 7. The zero-order chi connectivity index (χ0) is 26.2. The van der Waals surface area contributed by atoms with Crippen LogP contribution in [0.5, 0.6) is 0 Å². The first kappa shape index (κ1) is 24.5. The summed E-state index contributed by atoms with van der Waals surface area (Å²) in [5.41, 5.74) is 0.923. The van der Waals surface area contributed by atoms with Crippen molar-refractivity contribution >= 4 is 33.3 Å². The predicted molar refractivity (Wildman–Crippen MR) is 130 cm³/mol. The molecule has 7 nitrogen and oxygen atoms in total.